The SMILES string of the molecule is CNCCC1CCN(C(=O)c2cnn(-c3ccccc3)n2)CC1.Cl. The number of likely N-dealkylation sites (tertiary alicyclic amines) is 1. The van der Waals surface area contributed by atoms with Crippen LogP contribution in [0.15, 0.2) is 36.5 Å². The van der Waals surface area contributed by atoms with Crippen LogP contribution in [0.4, 0.5) is 0 Å². The van der Waals surface area contributed by atoms with Gasteiger partial charge in [-0.15, -0.1) is 17.5 Å². The number of hydrogen-bond donors (Lipinski definition) is 1. The Bertz CT molecular complexity index is 637. The van der Waals surface area contributed by atoms with E-state index in [-0.39, 0.29) is 18.3 Å². The molecule has 24 heavy (non-hydrogen) atoms. The van der Waals surface area contributed by atoms with Gasteiger partial charge >= 0.3 is 0 Å². The molecule has 0 saturated carbocycles. The molecule has 3 rings (SSSR count). The first-order valence-electron chi connectivity index (χ1n) is 8.19. The molecule has 0 aliphatic carbocycles. The predicted molar refractivity (Wildman–Crippen MR) is 95.8 cm³/mol. The van der Waals surface area contributed by atoms with Gasteiger partial charge in [0, 0.05) is 13.1 Å². The van der Waals surface area contributed by atoms with Crippen LogP contribution in [0.5, 0.6) is 0 Å². The van der Waals surface area contributed by atoms with E-state index in [2.05, 4.69) is 15.5 Å². The van der Waals surface area contributed by atoms with Crippen molar-refractivity contribution in [1.82, 2.24) is 25.2 Å². The molecular formula is C17H24ClN5O. The van der Waals surface area contributed by atoms with Crippen LogP contribution in [-0.2, 0) is 0 Å². The zero-order valence-electron chi connectivity index (χ0n) is 13.9. The fraction of sp³-hybridized carbons (Fsp3) is 0.471. The Morgan fingerprint density at radius 1 is 1.25 bits per heavy atom. The van der Waals surface area contributed by atoms with Crippen molar-refractivity contribution in [3.63, 3.8) is 0 Å². The summed E-state index contributed by atoms with van der Waals surface area (Å²) < 4.78 is 0. The predicted octanol–water partition coefficient (Wildman–Crippen LogP) is 2.15. The van der Waals surface area contributed by atoms with Gasteiger partial charge in [-0.2, -0.15) is 9.90 Å². The summed E-state index contributed by atoms with van der Waals surface area (Å²) in [6.07, 6.45) is 4.88. The average Bonchev–Trinajstić information content (AvgIpc) is 3.11. The number of para-hydroxylation sites is 1. The third-order valence-corrected chi connectivity index (χ3v) is 4.40. The van der Waals surface area contributed by atoms with Gasteiger partial charge in [0.05, 0.1) is 11.9 Å². The van der Waals surface area contributed by atoms with Crippen molar-refractivity contribution >= 4 is 18.3 Å². The first kappa shape index (κ1) is 18.4. The van der Waals surface area contributed by atoms with E-state index in [1.54, 1.807) is 6.20 Å². The second-order valence-electron chi connectivity index (χ2n) is 5.98. The number of nitrogens with one attached hydrogen (secondary N) is 1. The number of amides is 1. The van der Waals surface area contributed by atoms with E-state index in [0.29, 0.717) is 11.6 Å². The van der Waals surface area contributed by atoms with Crippen LogP contribution in [0.1, 0.15) is 29.8 Å². The van der Waals surface area contributed by atoms with Crippen LogP contribution < -0.4 is 5.32 Å². The molecular weight excluding hydrogens is 326 g/mol. The lowest BCUT2D eigenvalue weighted by atomic mass is 9.93. The monoisotopic (exact) mass is 349 g/mol. The highest BCUT2D eigenvalue weighted by Crippen LogP contribution is 2.21. The minimum atomic E-state index is -0.0146. The fourth-order valence-electron chi connectivity index (χ4n) is 2.98. The summed E-state index contributed by atoms with van der Waals surface area (Å²) in [7, 11) is 1.98. The maximum atomic E-state index is 12.6. The van der Waals surface area contributed by atoms with Gasteiger partial charge in [-0.1, -0.05) is 18.2 Å². The van der Waals surface area contributed by atoms with E-state index in [4.69, 9.17) is 0 Å². The lowest BCUT2D eigenvalue weighted by Crippen LogP contribution is -2.39. The molecule has 2 heterocycles. The van der Waals surface area contributed by atoms with Crippen LogP contribution >= 0.6 is 12.4 Å². The molecule has 1 aromatic carbocycles. The summed E-state index contributed by atoms with van der Waals surface area (Å²) in [5.74, 6) is 0.700. The largest absolute Gasteiger partial charge is 0.337 e. The van der Waals surface area contributed by atoms with Crippen molar-refractivity contribution < 1.29 is 4.79 Å². The summed E-state index contributed by atoms with van der Waals surface area (Å²) in [5.41, 5.74) is 1.28. The Morgan fingerprint density at radius 2 is 1.96 bits per heavy atom. The minimum absolute atomic E-state index is 0. The average molecular weight is 350 g/mol. The van der Waals surface area contributed by atoms with Crippen molar-refractivity contribution in [3.8, 4) is 5.69 Å². The van der Waals surface area contributed by atoms with Gasteiger partial charge in [0.2, 0.25) is 0 Å². The van der Waals surface area contributed by atoms with E-state index in [9.17, 15) is 4.79 Å². The molecule has 1 aromatic heterocycles. The third-order valence-electron chi connectivity index (χ3n) is 4.40. The Kier molecular flexibility index (Phi) is 6.75. The quantitative estimate of drug-likeness (QED) is 0.898. The molecule has 0 radical (unpaired) electrons. The highest BCUT2D eigenvalue weighted by molar-refractivity contribution is 5.92. The first-order chi connectivity index (χ1) is 11.3. The maximum Gasteiger partial charge on any atom is 0.276 e. The molecule has 2 aromatic rings. The molecule has 1 fully saturated rings. The second kappa shape index (κ2) is 8.80. The van der Waals surface area contributed by atoms with Crippen molar-refractivity contribution in [2.24, 2.45) is 5.92 Å². The molecule has 130 valence electrons. The van der Waals surface area contributed by atoms with E-state index in [1.165, 1.54) is 11.2 Å². The van der Waals surface area contributed by atoms with Crippen LogP contribution in [0.25, 0.3) is 5.69 Å². The van der Waals surface area contributed by atoms with Crippen LogP contribution in [0.3, 0.4) is 0 Å². The van der Waals surface area contributed by atoms with E-state index >= 15 is 0 Å². The smallest absolute Gasteiger partial charge is 0.276 e. The standard InChI is InChI=1S/C17H23N5O.ClH/c1-18-10-7-14-8-11-21(12-9-14)17(23)16-13-19-22(20-16)15-5-3-2-4-6-15;/h2-6,13-14,18H,7-12H2,1H3;1H. The van der Waals surface area contributed by atoms with E-state index < -0.39 is 0 Å². The lowest BCUT2D eigenvalue weighted by molar-refractivity contribution is 0.0680. The number of piperidine rings is 1. The Balaban J connectivity index is 0.00000208. The van der Waals surface area contributed by atoms with Crippen LogP contribution in [0, 0.1) is 5.92 Å². The Morgan fingerprint density at radius 3 is 2.62 bits per heavy atom. The summed E-state index contributed by atoms with van der Waals surface area (Å²) in [6.45, 7) is 2.67. The van der Waals surface area contributed by atoms with E-state index in [1.807, 2.05) is 42.3 Å². The molecule has 6 nitrogen and oxygen atoms in total. The number of hydrogen-bond acceptors (Lipinski definition) is 4. The summed E-state index contributed by atoms with van der Waals surface area (Å²) in [4.78, 5) is 16.0. The molecule has 1 N–H and O–H groups in total. The molecule has 7 heteroatoms. The maximum absolute atomic E-state index is 12.6. The van der Waals surface area contributed by atoms with E-state index in [0.717, 1.165) is 38.2 Å². The molecule has 1 aliphatic rings. The molecule has 0 bridgehead atoms. The third kappa shape index (κ3) is 4.33. The van der Waals surface area contributed by atoms with Crippen molar-refractivity contribution in [2.75, 3.05) is 26.7 Å². The highest BCUT2D eigenvalue weighted by Gasteiger charge is 2.25. The number of carbonyl (C=O) groups is 1. The molecule has 0 atom stereocenters. The van der Waals surface area contributed by atoms with Crippen LogP contribution in [-0.4, -0.2) is 52.5 Å². The second-order valence-corrected chi connectivity index (χ2v) is 5.98. The van der Waals surface area contributed by atoms with Gasteiger partial charge in [-0.3, -0.25) is 4.79 Å². The Hall–Kier alpha value is -1.92. The van der Waals surface area contributed by atoms with Crippen molar-refractivity contribution in [1.29, 1.82) is 0 Å². The Labute approximate surface area is 148 Å². The number of benzene rings is 1. The fourth-order valence-corrected chi connectivity index (χ4v) is 2.98. The zero-order chi connectivity index (χ0) is 16.1. The molecule has 1 amide bonds. The summed E-state index contributed by atoms with van der Waals surface area (Å²) in [5, 5.41) is 11.7. The normalized spacial score (nSPS) is 15.1. The number of nitrogens with zero attached hydrogens (tertiary/aromatic N) is 4. The molecule has 0 unspecified atom stereocenters. The highest BCUT2D eigenvalue weighted by atomic mass is 35.5. The van der Waals surface area contributed by atoms with Crippen LogP contribution in [0.2, 0.25) is 0 Å². The topological polar surface area (TPSA) is 63.1 Å². The molecule has 1 saturated heterocycles. The number of halogens is 1. The molecule has 0 spiro atoms. The lowest BCUT2D eigenvalue weighted by Gasteiger charge is -2.31. The van der Waals surface area contributed by atoms with Gasteiger partial charge in [0.25, 0.3) is 5.91 Å². The van der Waals surface area contributed by atoms with Crippen molar-refractivity contribution in [3.05, 3.63) is 42.2 Å². The number of rotatable bonds is 5. The van der Waals surface area contributed by atoms with Gasteiger partial charge in [0.1, 0.15) is 0 Å². The summed E-state index contributed by atoms with van der Waals surface area (Å²) in [6, 6.07) is 9.63. The number of carbonyl (C=O) groups excluding carboxylic acids is 1. The van der Waals surface area contributed by atoms with Gasteiger partial charge in [0.15, 0.2) is 5.69 Å². The van der Waals surface area contributed by atoms with Gasteiger partial charge in [-0.25, -0.2) is 0 Å². The van der Waals surface area contributed by atoms with Gasteiger partial charge in [-0.05, 0) is 50.9 Å². The number of aromatic nitrogens is 3. The van der Waals surface area contributed by atoms with Gasteiger partial charge < -0.3 is 10.2 Å². The summed E-state index contributed by atoms with van der Waals surface area (Å²) >= 11 is 0. The minimum Gasteiger partial charge on any atom is -0.337 e. The zero-order valence-corrected chi connectivity index (χ0v) is 14.7. The first-order valence-corrected chi connectivity index (χ1v) is 8.19. The van der Waals surface area contributed by atoms with Crippen molar-refractivity contribution in [2.45, 2.75) is 19.3 Å². The molecule has 1 aliphatic heterocycles.